The number of fused-ring (bicyclic) bond motifs is 2. The third kappa shape index (κ3) is 4.09. The molecule has 0 unspecified atom stereocenters. The summed E-state index contributed by atoms with van der Waals surface area (Å²) < 4.78 is 22.7. The van der Waals surface area contributed by atoms with Crippen LogP contribution in [0.1, 0.15) is 12.5 Å². The van der Waals surface area contributed by atoms with Gasteiger partial charge in [-0.3, -0.25) is 0 Å². The molecule has 5 aromatic rings. The molecule has 182 valence electrons. The summed E-state index contributed by atoms with van der Waals surface area (Å²) in [5, 5.41) is 10.5. The van der Waals surface area contributed by atoms with Crippen molar-refractivity contribution in [3.05, 3.63) is 54.6 Å². The van der Waals surface area contributed by atoms with Gasteiger partial charge in [0.25, 0.3) is 5.78 Å². The average molecular weight is 488 g/mol. The van der Waals surface area contributed by atoms with E-state index in [1.54, 1.807) is 37.5 Å². The predicted molar refractivity (Wildman–Crippen MR) is 130 cm³/mol. The van der Waals surface area contributed by atoms with Gasteiger partial charge in [0, 0.05) is 43.5 Å². The number of halogens is 1. The van der Waals surface area contributed by atoms with Gasteiger partial charge in [-0.2, -0.15) is 15.1 Å². The Kier molecular flexibility index (Phi) is 5.45. The van der Waals surface area contributed by atoms with Crippen molar-refractivity contribution in [1.82, 2.24) is 44.8 Å². The number of ether oxygens (including phenoxy) is 1. The van der Waals surface area contributed by atoms with Gasteiger partial charge in [0.1, 0.15) is 29.4 Å². The molecule has 1 atom stereocenters. The molecule has 5 heterocycles. The van der Waals surface area contributed by atoms with Crippen molar-refractivity contribution < 1.29 is 9.13 Å². The van der Waals surface area contributed by atoms with E-state index >= 15 is 4.39 Å². The molecule has 1 aromatic carbocycles. The fourth-order valence-corrected chi connectivity index (χ4v) is 4.07. The second-order valence-electron chi connectivity index (χ2n) is 8.48. The Morgan fingerprint density at radius 2 is 2.03 bits per heavy atom. The van der Waals surface area contributed by atoms with Gasteiger partial charge in [-0.05, 0) is 26.0 Å². The summed E-state index contributed by atoms with van der Waals surface area (Å²) in [6.45, 7) is 6.18. The van der Waals surface area contributed by atoms with Crippen molar-refractivity contribution in [2.45, 2.75) is 19.9 Å². The maximum atomic E-state index is 15.4. The highest BCUT2D eigenvalue weighted by atomic mass is 19.1. The molecule has 1 fully saturated rings. The average Bonchev–Trinajstić information content (AvgIpc) is 3.36. The quantitative estimate of drug-likeness (QED) is 0.379. The summed E-state index contributed by atoms with van der Waals surface area (Å²) >= 11 is 0. The number of hydrogen-bond acceptors (Lipinski definition) is 11. The molecule has 0 aliphatic carbocycles. The SMILES string of the molecule is Cc1c(Oc2ccn3ncnc3n2)ccc(Nc2ncnc3cnc(N4CCN[C@H](C)C4)nc23)c1F. The first-order valence-corrected chi connectivity index (χ1v) is 11.4. The number of piperazine rings is 1. The molecule has 0 saturated carbocycles. The van der Waals surface area contributed by atoms with Gasteiger partial charge in [0.2, 0.25) is 11.8 Å². The third-order valence-electron chi connectivity index (χ3n) is 5.94. The number of aromatic nitrogens is 8. The highest BCUT2D eigenvalue weighted by Crippen LogP contribution is 2.32. The minimum atomic E-state index is -0.479. The van der Waals surface area contributed by atoms with E-state index in [9.17, 15) is 0 Å². The van der Waals surface area contributed by atoms with Gasteiger partial charge in [-0.15, -0.1) is 0 Å². The third-order valence-corrected chi connectivity index (χ3v) is 5.94. The molecule has 0 bridgehead atoms. The summed E-state index contributed by atoms with van der Waals surface area (Å²) in [5.41, 5.74) is 1.62. The smallest absolute Gasteiger partial charge is 0.255 e. The second-order valence-corrected chi connectivity index (χ2v) is 8.48. The van der Waals surface area contributed by atoms with Crippen LogP contribution in [0.2, 0.25) is 0 Å². The lowest BCUT2D eigenvalue weighted by Crippen LogP contribution is -2.49. The molecule has 1 aliphatic rings. The largest absolute Gasteiger partial charge is 0.438 e. The Labute approximate surface area is 204 Å². The number of hydrogen-bond donors (Lipinski definition) is 2. The molecule has 13 heteroatoms. The summed E-state index contributed by atoms with van der Waals surface area (Å²) in [6, 6.07) is 5.21. The molecule has 12 nitrogen and oxygen atoms in total. The van der Waals surface area contributed by atoms with E-state index in [2.05, 4.69) is 52.5 Å². The van der Waals surface area contributed by atoms with E-state index in [0.717, 1.165) is 19.6 Å². The predicted octanol–water partition coefficient (Wildman–Crippen LogP) is 2.64. The highest BCUT2D eigenvalue weighted by Gasteiger charge is 2.20. The van der Waals surface area contributed by atoms with Gasteiger partial charge in [0.05, 0.1) is 11.9 Å². The van der Waals surface area contributed by atoms with E-state index in [4.69, 9.17) is 9.72 Å². The standard InChI is InChI=1S/C23H22FN11O/c1-13-10-34(8-6-25-13)22-26-9-16-20(33-22)21(28-11-27-16)31-15-3-4-17(14(2)19(15)24)36-18-5-7-35-23(32-18)29-12-30-35/h3-5,7,9,11-13,25H,6,8,10H2,1-2H3,(H,27,28,31)/t13-/m1/s1. The number of benzene rings is 1. The van der Waals surface area contributed by atoms with Crippen molar-refractivity contribution in [3.8, 4) is 11.6 Å². The van der Waals surface area contributed by atoms with Crippen molar-refractivity contribution >= 4 is 34.3 Å². The number of rotatable bonds is 5. The van der Waals surface area contributed by atoms with E-state index in [-0.39, 0.29) is 11.6 Å². The second kappa shape index (κ2) is 8.92. The van der Waals surface area contributed by atoms with Gasteiger partial charge >= 0.3 is 0 Å². The fourth-order valence-electron chi connectivity index (χ4n) is 4.07. The molecule has 0 amide bonds. The maximum Gasteiger partial charge on any atom is 0.255 e. The number of nitrogens with one attached hydrogen (secondary N) is 2. The zero-order chi connectivity index (χ0) is 24.6. The van der Waals surface area contributed by atoms with Crippen LogP contribution in [-0.2, 0) is 0 Å². The molecule has 1 aliphatic heterocycles. The van der Waals surface area contributed by atoms with Gasteiger partial charge in [0.15, 0.2) is 11.6 Å². The molecule has 1 saturated heterocycles. The first-order chi connectivity index (χ1) is 17.5. The molecule has 0 spiro atoms. The van der Waals surface area contributed by atoms with Crippen LogP contribution in [0, 0.1) is 12.7 Å². The summed E-state index contributed by atoms with van der Waals surface area (Å²) in [6.07, 6.45) is 6.13. The lowest BCUT2D eigenvalue weighted by Gasteiger charge is -2.31. The van der Waals surface area contributed by atoms with Crippen molar-refractivity contribution in [3.63, 3.8) is 0 Å². The van der Waals surface area contributed by atoms with E-state index < -0.39 is 5.82 Å². The van der Waals surface area contributed by atoms with E-state index in [1.165, 1.54) is 17.2 Å². The van der Waals surface area contributed by atoms with Crippen LogP contribution in [0.15, 0.2) is 43.2 Å². The Morgan fingerprint density at radius 3 is 2.92 bits per heavy atom. The molecule has 36 heavy (non-hydrogen) atoms. The van der Waals surface area contributed by atoms with E-state index in [0.29, 0.717) is 45.9 Å². The zero-order valence-corrected chi connectivity index (χ0v) is 19.6. The Bertz CT molecular complexity index is 1570. The van der Waals surface area contributed by atoms with Gasteiger partial charge in [-0.25, -0.2) is 28.8 Å². The van der Waals surface area contributed by atoms with Gasteiger partial charge in [-0.1, -0.05) is 0 Å². The van der Waals surface area contributed by atoms with Crippen LogP contribution in [0.3, 0.4) is 0 Å². The van der Waals surface area contributed by atoms with Crippen LogP contribution >= 0.6 is 0 Å². The molecular formula is C23H22FN11O. The normalized spacial score (nSPS) is 16.0. The fraction of sp³-hybridized carbons (Fsp3) is 0.261. The van der Waals surface area contributed by atoms with Crippen molar-refractivity contribution in [2.75, 3.05) is 29.9 Å². The van der Waals surface area contributed by atoms with Crippen LogP contribution in [0.25, 0.3) is 16.8 Å². The number of nitrogens with zero attached hydrogens (tertiary/aromatic N) is 9. The highest BCUT2D eigenvalue weighted by molar-refractivity contribution is 5.87. The molecule has 2 N–H and O–H groups in total. The lowest BCUT2D eigenvalue weighted by atomic mass is 10.2. The molecule has 4 aromatic heterocycles. The zero-order valence-electron chi connectivity index (χ0n) is 19.6. The minimum absolute atomic E-state index is 0.233. The van der Waals surface area contributed by atoms with Crippen LogP contribution in [0.5, 0.6) is 11.6 Å². The number of anilines is 3. The molecule has 6 rings (SSSR count). The summed E-state index contributed by atoms with van der Waals surface area (Å²) in [5.74, 6) is 1.50. The van der Waals surface area contributed by atoms with Crippen LogP contribution < -0.4 is 20.3 Å². The van der Waals surface area contributed by atoms with E-state index in [1.807, 2.05) is 0 Å². The molecule has 0 radical (unpaired) electrons. The van der Waals surface area contributed by atoms with Crippen LogP contribution in [0.4, 0.5) is 21.8 Å². The first-order valence-electron chi connectivity index (χ1n) is 11.4. The summed E-state index contributed by atoms with van der Waals surface area (Å²) in [7, 11) is 0. The summed E-state index contributed by atoms with van der Waals surface area (Å²) in [4.78, 5) is 28.2. The molecular weight excluding hydrogens is 465 g/mol. The Balaban J connectivity index is 1.29. The van der Waals surface area contributed by atoms with Crippen LogP contribution in [-0.4, -0.2) is 65.2 Å². The first kappa shape index (κ1) is 22.0. The Morgan fingerprint density at radius 1 is 1.11 bits per heavy atom. The minimum Gasteiger partial charge on any atom is -0.438 e. The topological polar surface area (TPSA) is 131 Å². The Hall–Kier alpha value is -4.52. The lowest BCUT2D eigenvalue weighted by molar-refractivity contribution is 0.453. The maximum absolute atomic E-state index is 15.4. The van der Waals surface area contributed by atoms with Crippen molar-refractivity contribution in [2.24, 2.45) is 0 Å². The monoisotopic (exact) mass is 487 g/mol. The van der Waals surface area contributed by atoms with Gasteiger partial charge < -0.3 is 20.3 Å². The van der Waals surface area contributed by atoms with Crippen molar-refractivity contribution in [1.29, 1.82) is 0 Å².